The van der Waals surface area contributed by atoms with E-state index in [4.69, 9.17) is 4.74 Å². The lowest BCUT2D eigenvalue weighted by atomic mass is 9.96. The smallest absolute Gasteiger partial charge is 0.331 e. The van der Waals surface area contributed by atoms with Crippen molar-refractivity contribution < 1.29 is 14.3 Å². The summed E-state index contributed by atoms with van der Waals surface area (Å²) in [5.41, 5.74) is 2.02. The molecule has 1 amide bonds. The van der Waals surface area contributed by atoms with E-state index >= 15 is 0 Å². The van der Waals surface area contributed by atoms with Gasteiger partial charge >= 0.3 is 5.97 Å². The van der Waals surface area contributed by atoms with E-state index in [2.05, 4.69) is 41.5 Å². The molecule has 0 aliphatic heterocycles. The molecular formula is C20H26N2O3S. The number of benzene rings is 1. The number of nitrogens with one attached hydrogen (secondary N) is 1. The number of ether oxygens (including phenoxy) is 1. The molecule has 0 radical (unpaired) electrons. The van der Waals surface area contributed by atoms with Crippen molar-refractivity contribution >= 4 is 23.2 Å². The summed E-state index contributed by atoms with van der Waals surface area (Å²) in [6.45, 7) is 5.78. The number of rotatable bonds is 8. The first-order valence-corrected chi connectivity index (χ1v) is 9.73. The van der Waals surface area contributed by atoms with Crippen LogP contribution in [0.25, 0.3) is 10.6 Å². The van der Waals surface area contributed by atoms with Gasteiger partial charge in [-0.2, -0.15) is 0 Å². The summed E-state index contributed by atoms with van der Waals surface area (Å²) in [5, 5.41) is 5.58. The first-order chi connectivity index (χ1) is 12.4. The molecule has 6 heteroatoms. The van der Waals surface area contributed by atoms with Crippen LogP contribution in [0.5, 0.6) is 0 Å². The molecule has 26 heavy (non-hydrogen) atoms. The first-order valence-electron chi connectivity index (χ1n) is 8.85. The van der Waals surface area contributed by atoms with Gasteiger partial charge < -0.3 is 10.1 Å². The van der Waals surface area contributed by atoms with Crippen molar-refractivity contribution in [3.63, 3.8) is 0 Å². The van der Waals surface area contributed by atoms with Gasteiger partial charge in [0.15, 0.2) is 0 Å². The van der Waals surface area contributed by atoms with E-state index in [-0.39, 0.29) is 12.3 Å². The minimum absolute atomic E-state index is 0.139. The maximum Gasteiger partial charge on any atom is 0.331 e. The second kappa shape index (κ2) is 8.94. The highest BCUT2D eigenvalue weighted by Crippen LogP contribution is 2.24. The fourth-order valence-corrected chi connectivity index (χ4v) is 3.69. The molecule has 2 rings (SSSR count). The Bertz CT molecular complexity index is 755. The zero-order valence-electron chi connectivity index (χ0n) is 15.8. The molecule has 0 saturated carbocycles. The highest BCUT2D eigenvalue weighted by Gasteiger charge is 2.35. The molecule has 0 fully saturated rings. The molecule has 1 atom stereocenters. The Hall–Kier alpha value is -2.21. The van der Waals surface area contributed by atoms with Gasteiger partial charge in [0.25, 0.3) is 0 Å². The predicted molar refractivity (Wildman–Crippen MR) is 104 cm³/mol. The number of hydrogen-bond acceptors (Lipinski definition) is 5. The third-order valence-corrected chi connectivity index (χ3v) is 5.24. The summed E-state index contributed by atoms with van der Waals surface area (Å²) in [7, 11) is 1.33. The predicted octanol–water partition coefficient (Wildman–Crippen LogP) is 3.76. The van der Waals surface area contributed by atoms with E-state index in [1.807, 2.05) is 12.3 Å². The molecule has 0 bridgehead atoms. The zero-order valence-corrected chi connectivity index (χ0v) is 16.6. The van der Waals surface area contributed by atoms with Gasteiger partial charge in [0.2, 0.25) is 5.91 Å². The lowest BCUT2D eigenvalue weighted by Crippen LogP contribution is -2.53. The average molecular weight is 375 g/mol. The van der Waals surface area contributed by atoms with Crippen LogP contribution in [-0.2, 0) is 27.2 Å². The van der Waals surface area contributed by atoms with Crippen LogP contribution in [0.4, 0.5) is 0 Å². The highest BCUT2D eigenvalue weighted by molar-refractivity contribution is 7.13. The summed E-state index contributed by atoms with van der Waals surface area (Å²) in [4.78, 5) is 29.0. The molecule has 0 aliphatic carbocycles. The van der Waals surface area contributed by atoms with Gasteiger partial charge in [-0.15, -0.1) is 11.3 Å². The van der Waals surface area contributed by atoms with Crippen molar-refractivity contribution in [2.75, 3.05) is 7.11 Å². The van der Waals surface area contributed by atoms with Gasteiger partial charge in [-0.1, -0.05) is 44.5 Å². The molecule has 1 aromatic heterocycles. The molecule has 1 heterocycles. The number of carbonyl (C=O) groups excluding carboxylic acids is 2. The Labute approximate surface area is 158 Å². The van der Waals surface area contributed by atoms with Gasteiger partial charge in [0, 0.05) is 10.9 Å². The highest BCUT2D eigenvalue weighted by atomic mass is 32.1. The van der Waals surface area contributed by atoms with Crippen molar-refractivity contribution in [1.82, 2.24) is 10.3 Å². The molecule has 5 nitrogen and oxygen atoms in total. The van der Waals surface area contributed by atoms with Crippen LogP contribution in [-0.4, -0.2) is 29.5 Å². The van der Waals surface area contributed by atoms with Crippen LogP contribution in [0.3, 0.4) is 0 Å². The summed E-state index contributed by atoms with van der Waals surface area (Å²) >= 11 is 1.51. The van der Waals surface area contributed by atoms with Crippen LogP contribution in [0.1, 0.15) is 44.9 Å². The van der Waals surface area contributed by atoms with E-state index in [1.165, 1.54) is 24.0 Å². The standard InChI is InChI=1S/C20H26N2O3S/c1-5-11-20(3,19(24)25-4)22-17(23)12-16-13-26-18(21-16)15-9-7-14(6-2)8-10-15/h7-10,13H,5-6,11-12H2,1-4H3,(H,22,23). The van der Waals surface area contributed by atoms with Gasteiger partial charge in [-0.25, -0.2) is 9.78 Å². The maximum absolute atomic E-state index is 12.4. The number of nitrogens with zero attached hydrogens (tertiary/aromatic N) is 1. The van der Waals surface area contributed by atoms with Crippen LogP contribution in [0.2, 0.25) is 0 Å². The van der Waals surface area contributed by atoms with Crippen LogP contribution < -0.4 is 5.32 Å². The van der Waals surface area contributed by atoms with Crippen molar-refractivity contribution in [1.29, 1.82) is 0 Å². The van der Waals surface area contributed by atoms with Gasteiger partial charge in [-0.3, -0.25) is 4.79 Å². The molecule has 140 valence electrons. The molecule has 2 aromatic rings. The Kier molecular flexibility index (Phi) is 6.91. The fourth-order valence-electron chi connectivity index (χ4n) is 2.86. The number of methoxy groups -OCH3 is 1. The van der Waals surface area contributed by atoms with E-state index in [9.17, 15) is 9.59 Å². The third-order valence-electron chi connectivity index (χ3n) is 4.30. The number of carbonyl (C=O) groups is 2. The Morgan fingerprint density at radius 3 is 2.50 bits per heavy atom. The van der Waals surface area contributed by atoms with Crippen LogP contribution >= 0.6 is 11.3 Å². The van der Waals surface area contributed by atoms with Gasteiger partial charge in [0.05, 0.1) is 19.2 Å². The zero-order chi connectivity index (χ0) is 19.2. The SMILES string of the molecule is CCCC(C)(NC(=O)Cc1csc(-c2ccc(CC)cc2)n1)C(=O)OC. The number of amides is 1. The largest absolute Gasteiger partial charge is 0.467 e. The minimum Gasteiger partial charge on any atom is -0.467 e. The fraction of sp³-hybridized carbons (Fsp3) is 0.450. The first kappa shape index (κ1) is 20.1. The van der Waals surface area contributed by atoms with Crippen molar-refractivity contribution in [3.8, 4) is 10.6 Å². The van der Waals surface area contributed by atoms with E-state index < -0.39 is 11.5 Å². The van der Waals surface area contributed by atoms with Gasteiger partial charge in [0.1, 0.15) is 10.5 Å². The molecule has 1 unspecified atom stereocenters. The normalized spacial score (nSPS) is 13.1. The second-order valence-corrected chi connectivity index (χ2v) is 7.35. The van der Waals surface area contributed by atoms with Crippen molar-refractivity contribution in [3.05, 3.63) is 40.9 Å². The molecule has 1 N–H and O–H groups in total. The van der Waals surface area contributed by atoms with Crippen LogP contribution in [0.15, 0.2) is 29.6 Å². The van der Waals surface area contributed by atoms with E-state index in [0.29, 0.717) is 12.1 Å². The molecular weight excluding hydrogens is 348 g/mol. The molecule has 0 aliphatic rings. The maximum atomic E-state index is 12.4. The Morgan fingerprint density at radius 1 is 1.23 bits per heavy atom. The monoisotopic (exact) mass is 374 g/mol. The van der Waals surface area contributed by atoms with E-state index in [1.54, 1.807) is 6.92 Å². The third kappa shape index (κ3) is 4.91. The second-order valence-electron chi connectivity index (χ2n) is 6.49. The summed E-state index contributed by atoms with van der Waals surface area (Å²) in [6, 6.07) is 8.29. The Morgan fingerprint density at radius 2 is 1.92 bits per heavy atom. The number of thiazole rings is 1. The number of esters is 1. The van der Waals surface area contributed by atoms with Crippen molar-refractivity contribution in [2.24, 2.45) is 0 Å². The lowest BCUT2D eigenvalue weighted by Gasteiger charge is -2.27. The molecule has 0 spiro atoms. The topological polar surface area (TPSA) is 68.3 Å². The summed E-state index contributed by atoms with van der Waals surface area (Å²) < 4.78 is 4.83. The Balaban J connectivity index is 2.05. The van der Waals surface area contributed by atoms with E-state index in [0.717, 1.165) is 23.4 Å². The lowest BCUT2D eigenvalue weighted by molar-refractivity contribution is -0.150. The quantitative estimate of drug-likeness (QED) is 0.714. The number of hydrogen-bond donors (Lipinski definition) is 1. The van der Waals surface area contributed by atoms with Crippen LogP contribution in [0, 0.1) is 0 Å². The average Bonchev–Trinajstić information content (AvgIpc) is 3.09. The molecule has 1 aromatic carbocycles. The summed E-state index contributed by atoms with van der Waals surface area (Å²) in [5.74, 6) is -0.660. The number of aryl methyl sites for hydroxylation is 1. The van der Waals surface area contributed by atoms with Crippen molar-refractivity contribution in [2.45, 2.75) is 52.0 Å². The molecule has 0 saturated heterocycles. The number of aromatic nitrogens is 1. The summed E-state index contributed by atoms with van der Waals surface area (Å²) in [6.07, 6.45) is 2.43. The van der Waals surface area contributed by atoms with Gasteiger partial charge in [-0.05, 0) is 25.3 Å². The minimum atomic E-state index is -1.00.